The number of rotatable bonds is 5. The average Bonchev–Trinajstić information content (AvgIpc) is 3.60. The first-order valence-corrected chi connectivity index (χ1v) is 12.3. The molecular weight excluding hydrogens is 441 g/mol. The second-order valence-corrected chi connectivity index (χ2v) is 9.67. The van der Waals surface area contributed by atoms with Crippen molar-refractivity contribution >= 4 is 5.96 Å². The lowest BCUT2D eigenvalue weighted by Gasteiger charge is -2.41. The van der Waals surface area contributed by atoms with E-state index in [9.17, 15) is 4.39 Å². The summed E-state index contributed by atoms with van der Waals surface area (Å²) in [7, 11) is 0. The standard InChI is InChI=1S/C27H30FN7/c1-16(20-4-2-3-5-21(20)17-8-10-19(28)11-9-17)31-26-32-23-12-13-30-15-22(23)27(29,33-26)25-14-24(34-35-25)18-6-7-18/h2-5,8-11,14,16,18,30H,6-7,12-13,15,29H2,1H3,(H,34,35)(H2,31,32,33)/t16-,27?/m0/s1. The Kier molecular flexibility index (Phi) is 5.42. The van der Waals surface area contributed by atoms with E-state index in [2.05, 4.69) is 45.2 Å². The van der Waals surface area contributed by atoms with Gasteiger partial charge >= 0.3 is 0 Å². The predicted octanol–water partition coefficient (Wildman–Crippen LogP) is 3.76. The van der Waals surface area contributed by atoms with Gasteiger partial charge in [0.15, 0.2) is 11.6 Å². The summed E-state index contributed by atoms with van der Waals surface area (Å²) in [5.74, 6) is 0.949. The lowest BCUT2D eigenvalue weighted by molar-refractivity contribution is 0.408. The van der Waals surface area contributed by atoms with Gasteiger partial charge in [0.05, 0.1) is 6.04 Å². The molecule has 3 heterocycles. The fraction of sp³-hybridized carbons (Fsp3) is 0.333. The number of aromatic nitrogens is 2. The van der Waals surface area contributed by atoms with Crippen LogP contribution in [0.4, 0.5) is 4.39 Å². The smallest absolute Gasteiger partial charge is 0.198 e. The summed E-state index contributed by atoms with van der Waals surface area (Å²) < 4.78 is 13.5. The van der Waals surface area contributed by atoms with Crippen molar-refractivity contribution in [1.29, 1.82) is 0 Å². The van der Waals surface area contributed by atoms with Crippen molar-refractivity contribution in [1.82, 2.24) is 26.1 Å². The van der Waals surface area contributed by atoms with Gasteiger partial charge in [-0.25, -0.2) is 9.38 Å². The minimum Gasteiger partial charge on any atom is -0.330 e. The summed E-state index contributed by atoms with van der Waals surface area (Å²) in [6.45, 7) is 3.63. The molecule has 0 saturated heterocycles. The van der Waals surface area contributed by atoms with Crippen LogP contribution in [0, 0.1) is 5.82 Å². The summed E-state index contributed by atoms with van der Waals surface area (Å²) >= 11 is 0. The van der Waals surface area contributed by atoms with E-state index in [-0.39, 0.29) is 11.9 Å². The highest BCUT2D eigenvalue weighted by Gasteiger charge is 2.42. The van der Waals surface area contributed by atoms with Crippen LogP contribution in [0.1, 0.15) is 55.1 Å². The zero-order chi connectivity index (χ0) is 24.0. The van der Waals surface area contributed by atoms with Gasteiger partial charge in [0.1, 0.15) is 11.5 Å². The third-order valence-electron chi connectivity index (χ3n) is 7.19. The summed E-state index contributed by atoms with van der Waals surface area (Å²) in [5, 5.41) is 18.2. The van der Waals surface area contributed by atoms with Crippen molar-refractivity contribution in [3.8, 4) is 11.1 Å². The van der Waals surface area contributed by atoms with Crippen LogP contribution in [0.3, 0.4) is 0 Å². The second kappa shape index (κ2) is 8.62. The molecule has 2 aliphatic heterocycles. The molecule has 0 bridgehead atoms. The maximum atomic E-state index is 13.5. The number of aromatic amines is 1. The van der Waals surface area contributed by atoms with Crippen LogP contribution in [-0.2, 0) is 5.66 Å². The molecule has 6 N–H and O–H groups in total. The highest BCUT2D eigenvalue weighted by molar-refractivity contribution is 5.85. The van der Waals surface area contributed by atoms with Crippen LogP contribution < -0.4 is 21.7 Å². The minimum atomic E-state index is -0.952. The van der Waals surface area contributed by atoms with Gasteiger partial charge in [-0.05, 0) is 54.7 Å². The number of hydrogen-bond donors (Lipinski definition) is 5. The second-order valence-electron chi connectivity index (χ2n) is 9.67. The van der Waals surface area contributed by atoms with Crippen LogP contribution in [-0.4, -0.2) is 29.2 Å². The van der Waals surface area contributed by atoms with E-state index >= 15 is 0 Å². The average molecular weight is 472 g/mol. The molecule has 2 atom stereocenters. The summed E-state index contributed by atoms with van der Waals surface area (Å²) in [5.41, 5.74) is 13.2. The predicted molar refractivity (Wildman–Crippen MR) is 135 cm³/mol. The molecule has 1 aromatic heterocycles. The molecule has 1 aliphatic carbocycles. The fourth-order valence-electron chi connectivity index (χ4n) is 5.08. The number of benzene rings is 2. The summed E-state index contributed by atoms with van der Waals surface area (Å²) in [6.07, 6.45) is 3.23. The van der Waals surface area contributed by atoms with E-state index in [4.69, 9.17) is 10.7 Å². The number of hydrogen-bond acceptors (Lipinski definition) is 4. The maximum absolute atomic E-state index is 13.5. The largest absolute Gasteiger partial charge is 0.330 e. The van der Waals surface area contributed by atoms with E-state index in [1.807, 2.05) is 18.2 Å². The van der Waals surface area contributed by atoms with E-state index in [1.54, 1.807) is 12.1 Å². The van der Waals surface area contributed by atoms with Crippen molar-refractivity contribution in [3.63, 3.8) is 0 Å². The first-order chi connectivity index (χ1) is 17.0. The Morgan fingerprint density at radius 1 is 1.14 bits per heavy atom. The van der Waals surface area contributed by atoms with E-state index in [0.29, 0.717) is 18.4 Å². The number of nitrogens with one attached hydrogen (secondary N) is 4. The normalized spacial score (nSPS) is 24.0. The molecule has 7 nitrogen and oxygen atoms in total. The Labute approximate surface area is 204 Å². The number of nitrogens with zero attached hydrogens (tertiary/aromatic N) is 2. The molecule has 2 aromatic carbocycles. The molecule has 0 spiro atoms. The molecule has 1 unspecified atom stereocenters. The lowest BCUT2D eigenvalue weighted by atomic mass is 9.89. The van der Waals surface area contributed by atoms with E-state index < -0.39 is 5.66 Å². The molecule has 35 heavy (non-hydrogen) atoms. The Morgan fingerprint density at radius 2 is 1.94 bits per heavy atom. The van der Waals surface area contributed by atoms with Gasteiger partial charge in [0.2, 0.25) is 0 Å². The van der Waals surface area contributed by atoms with Gasteiger partial charge < -0.3 is 16.0 Å². The Bertz CT molecular complexity index is 1310. The molecule has 1 saturated carbocycles. The topological polar surface area (TPSA) is 103 Å². The van der Waals surface area contributed by atoms with Gasteiger partial charge in [-0.15, -0.1) is 0 Å². The van der Waals surface area contributed by atoms with Crippen LogP contribution >= 0.6 is 0 Å². The number of nitrogens with two attached hydrogens (primary N) is 1. The van der Waals surface area contributed by atoms with Gasteiger partial charge in [0, 0.05) is 42.4 Å². The monoisotopic (exact) mass is 471 g/mol. The van der Waals surface area contributed by atoms with Crippen molar-refractivity contribution in [2.45, 2.75) is 43.8 Å². The zero-order valence-corrected chi connectivity index (χ0v) is 19.7. The van der Waals surface area contributed by atoms with Crippen molar-refractivity contribution in [2.75, 3.05) is 13.1 Å². The quantitative estimate of drug-likeness (QED) is 0.390. The summed E-state index contributed by atoms with van der Waals surface area (Å²) in [6, 6.07) is 16.6. The third kappa shape index (κ3) is 4.13. The van der Waals surface area contributed by atoms with Crippen LogP contribution in [0.2, 0.25) is 0 Å². The van der Waals surface area contributed by atoms with E-state index in [0.717, 1.165) is 52.3 Å². The fourth-order valence-corrected chi connectivity index (χ4v) is 5.08. The molecule has 3 aliphatic rings. The molecule has 1 fully saturated rings. The van der Waals surface area contributed by atoms with Gasteiger partial charge in [-0.1, -0.05) is 36.4 Å². The number of aliphatic imine (C=N–C) groups is 1. The number of guanidine groups is 1. The highest BCUT2D eigenvalue weighted by Crippen LogP contribution is 2.40. The Balaban J connectivity index is 1.35. The first kappa shape index (κ1) is 22.0. The van der Waals surface area contributed by atoms with Crippen molar-refractivity contribution in [2.24, 2.45) is 10.7 Å². The molecule has 8 heteroatoms. The Morgan fingerprint density at radius 3 is 2.74 bits per heavy atom. The number of halogens is 1. The summed E-state index contributed by atoms with van der Waals surface area (Å²) in [4.78, 5) is 5.02. The molecule has 3 aromatic rings. The van der Waals surface area contributed by atoms with Crippen molar-refractivity contribution < 1.29 is 4.39 Å². The molecule has 0 amide bonds. The molecule has 180 valence electrons. The van der Waals surface area contributed by atoms with Gasteiger partial charge in [-0.2, -0.15) is 5.10 Å². The number of H-pyrrole nitrogens is 1. The van der Waals surface area contributed by atoms with Gasteiger partial charge in [0.25, 0.3) is 0 Å². The Hall–Kier alpha value is -3.49. The van der Waals surface area contributed by atoms with Gasteiger partial charge in [-0.3, -0.25) is 10.8 Å². The van der Waals surface area contributed by atoms with E-state index in [1.165, 1.54) is 25.0 Å². The third-order valence-corrected chi connectivity index (χ3v) is 7.19. The lowest BCUT2D eigenvalue weighted by Crippen LogP contribution is -2.64. The van der Waals surface area contributed by atoms with Crippen LogP contribution in [0.15, 0.2) is 70.9 Å². The molecule has 6 rings (SSSR count). The van der Waals surface area contributed by atoms with Crippen molar-refractivity contribution in [3.05, 3.63) is 88.6 Å². The highest BCUT2D eigenvalue weighted by atomic mass is 19.1. The molecule has 0 radical (unpaired) electrons. The first-order valence-electron chi connectivity index (χ1n) is 12.3. The molecular formula is C27H30FN7. The van der Waals surface area contributed by atoms with Crippen LogP contribution in [0.25, 0.3) is 11.1 Å². The SMILES string of the molecule is C[C@H](N=C1NC2=C(CNCC2)C(N)(c2cc(C3CC3)[nH]n2)N1)c1ccccc1-c1ccc(F)cc1. The minimum absolute atomic E-state index is 0.166. The van der Waals surface area contributed by atoms with Crippen LogP contribution in [0.5, 0.6) is 0 Å². The maximum Gasteiger partial charge on any atom is 0.198 e. The zero-order valence-electron chi connectivity index (χ0n) is 19.7.